The summed E-state index contributed by atoms with van der Waals surface area (Å²) in [5.74, 6) is 0.753. The molecular weight excluding hydrogens is 444 g/mol. The number of carbonyl (C=O) groups is 2. The SMILES string of the molecule is CCOc1ccc(NC(=O)[C@H]2c3cc(OC)c(OC)cc3C(=O)N3CCc4ccccc4[C@@H]23)cc1. The third-order valence-corrected chi connectivity index (χ3v) is 6.74. The lowest BCUT2D eigenvalue weighted by Crippen LogP contribution is -2.49. The molecule has 7 nitrogen and oxygen atoms in total. The summed E-state index contributed by atoms with van der Waals surface area (Å²) < 4.78 is 16.5. The van der Waals surface area contributed by atoms with Crippen LogP contribution in [0.15, 0.2) is 60.7 Å². The van der Waals surface area contributed by atoms with Crippen LogP contribution >= 0.6 is 0 Å². The maximum Gasteiger partial charge on any atom is 0.254 e. The second-order valence-corrected chi connectivity index (χ2v) is 8.61. The second-order valence-electron chi connectivity index (χ2n) is 8.61. The van der Waals surface area contributed by atoms with Crippen molar-refractivity contribution in [2.24, 2.45) is 0 Å². The first-order valence-electron chi connectivity index (χ1n) is 11.7. The quantitative estimate of drug-likeness (QED) is 0.568. The van der Waals surface area contributed by atoms with Crippen molar-refractivity contribution in [1.29, 1.82) is 0 Å². The molecule has 2 heterocycles. The average Bonchev–Trinajstić information content (AvgIpc) is 2.89. The van der Waals surface area contributed by atoms with E-state index in [9.17, 15) is 9.59 Å². The highest BCUT2D eigenvalue weighted by Crippen LogP contribution is 2.48. The number of carbonyl (C=O) groups excluding carboxylic acids is 2. The van der Waals surface area contributed by atoms with Crippen LogP contribution in [0.5, 0.6) is 17.2 Å². The molecule has 0 aromatic heterocycles. The Morgan fingerprint density at radius 2 is 1.71 bits per heavy atom. The third-order valence-electron chi connectivity index (χ3n) is 6.74. The minimum absolute atomic E-state index is 0.106. The molecule has 0 unspecified atom stereocenters. The largest absolute Gasteiger partial charge is 0.494 e. The number of nitrogens with zero attached hydrogens (tertiary/aromatic N) is 1. The van der Waals surface area contributed by atoms with E-state index in [1.54, 1.807) is 19.2 Å². The van der Waals surface area contributed by atoms with Crippen molar-refractivity contribution in [3.8, 4) is 17.2 Å². The van der Waals surface area contributed by atoms with Crippen LogP contribution in [0.1, 0.15) is 45.9 Å². The zero-order valence-corrected chi connectivity index (χ0v) is 20.0. The summed E-state index contributed by atoms with van der Waals surface area (Å²) in [6.07, 6.45) is 0.744. The Kier molecular flexibility index (Phi) is 6.07. The molecular formula is C28H28N2O5. The summed E-state index contributed by atoms with van der Waals surface area (Å²) in [6, 6.07) is 18.4. The number of amides is 2. The van der Waals surface area contributed by atoms with Crippen molar-refractivity contribution < 1.29 is 23.8 Å². The van der Waals surface area contributed by atoms with E-state index < -0.39 is 12.0 Å². The van der Waals surface area contributed by atoms with Crippen LogP contribution in [0.25, 0.3) is 0 Å². The number of hydrogen-bond acceptors (Lipinski definition) is 5. The van der Waals surface area contributed by atoms with E-state index in [0.29, 0.717) is 41.5 Å². The van der Waals surface area contributed by atoms with E-state index in [2.05, 4.69) is 11.4 Å². The highest BCUT2D eigenvalue weighted by atomic mass is 16.5. The minimum atomic E-state index is -0.629. The fraction of sp³-hybridized carbons (Fsp3) is 0.286. The van der Waals surface area contributed by atoms with Gasteiger partial charge in [0.2, 0.25) is 5.91 Å². The number of anilines is 1. The van der Waals surface area contributed by atoms with Gasteiger partial charge in [-0.2, -0.15) is 0 Å². The Balaban J connectivity index is 1.61. The molecule has 1 N–H and O–H groups in total. The van der Waals surface area contributed by atoms with E-state index in [-0.39, 0.29) is 11.8 Å². The molecule has 35 heavy (non-hydrogen) atoms. The zero-order chi connectivity index (χ0) is 24.5. The van der Waals surface area contributed by atoms with Gasteiger partial charge in [0.1, 0.15) is 5.75 Å². The van der Waals surface area contributed by atoms with Gasteiger partial charge in [-0.3, -0.25) is 9.59 Å². The first kappa shape index (κ1) is 22.8. The number of fused-ring (bicyclic) bond motifs is 4. The fourth-order valence-corrected chi connectivity index (χ4v) is 5.15. The molecule has 0 saturated heterocycles. The molecule has 2 atom stereocenters. The van der Waals surface area contributed by atoms with Gasteiger partial charge in [0.25, 0.3) is 5.91 Å². The van der Waals surface area contributed by atoms with Gasteiger partial charge in [-0.05, 0) is 66.4 Å². The molecule has 180 valence electrons. The van der Waals surface area contributed by atoms with Gasteiger partial charge < -0.3 is 24.4 Å². The molecule has 0 fully saturated rings. The molecule has 0 aliphatic carbocycles. The molecule has 3 aromatic rings. The Bertz CT molecular complexity index is 1270. The molecule has 0 spiro atoms. The summed E-state index contributed by atoms with van der Waals surface area (Å²) in [4.78, 5) is 29.4. The van der Waals surface area contributed by atoms with Crippen molar-refractivity contribution in [1.82, 2.24) is 4.90 Å². The lowest BCUT2D eigenvalue weighted by atomic mass is 9.75. The number of rotatable bonds is 6. The first-order chi connectivity index (χ1) is 17.0. The molecule has 0 radical (unpaired) electrons. The molecule has 5 rings (SSSR count). The highest BCUT2D eigenvalue weighted by molar-refractivity contribution is 6.05. The first-order valence-corrected chi connectivity index (χ1v) is 11.7. The number of methoxy groups -OCH3 is 2. The van der Waals surface area contributed by atoms with Crippen molar-refractivity contribution in [2.75, 3.05) is 32.7 Å². The van der Waals surface area contributed by atoms with Crippen LogP contribution < -0.4 is 19.5 Å². The van der Waals surface area contributed by atoms with Crippen LogP contribution in [0.4, 0.5) is 5.69 Å². The summed E-state index contributed by atoms with van der Waals surface area (Å²) in [7, 11) is 3.08. The molecule has 0 saturated carbocycles. The number of hydrogen-bond donors (Lipinski definition) is 1. The van der Waals surface area contributed by atoms with Crippen molar-refractivity contribution in [3.63, 3.8) is 0 Å². The van der Waals surface area contributed by atoms with Gasteiger partial charge in [-0.15, -0.1) is 0 Å². The molecule has 2 aliphatic rings. The van der Waals surface area contributed by atoms with Gasteiger partial charge in [-0.25, -0.2) is 0 Å². The minimum Gasteiger partial charge on any atom is -0.494 e. The Morgan fingerprint density at radius 1 is 1.00 bits per heavy atom. The Hall–Kier alpha value is -4.00. The van der Waals surface area contributed by atoms with E-state index in [1.165, 1.54) is 7.11 Å². The van der Waals surface area contributed by atoms with Gasteiger partial charge in [-0.1, -0.05) is 24.3 Å². The van der Waals surface area contributed by atoms with Crippen molar-refractivity contribution in [3.05, 3.63) is 82.9 Å². The summed E-state index contributed by atoms with van der Waals surface area (Å²) in [5, 5.41) is 3.06. The second kappa shape index (κ2) is 9.33. The molecule has 0 bridgehead atoms. The topological polar surface area (TPSA) is 77.1 Å². The van der Waals surface area contributed by atoms with E-state index >= 15 is 0 Å². The lowest BCUT2D eigenvalue weighted by molar-refractivity contribution is -0.119. The van der Waals surface area contributed by atoms with E-state index in [4.69, 9.17) is 14.2 Å². The lowest BCUT2D eigenvalue weighted by Gasteiger charge is -2.45. The molecule has 7 heteroatoms. The van der Waals surface area contributed by atoms with Crippen LogP contribution in [0, 0.1) is 0 Å². The maximum absolute atomic E-state index is 13.9. The van der Waals surface area contributed by atoms with Crippen LogP contribution in [-0.4, -0.2) is 44.1 Å². The standard InChI is InChI=1S/C28H28N2O5/c1-4-35-19-11-9-18(10-12-19)29-27(31)25-21-15-23(33-2)24(34-3)16-22(21)28(32)30-14-13-17-7-5-6-8-20(17)26(25)30/h5-12,15-16,25-26H,4,13-14H2,1-3H3,(H,29,31)/t25-,26-/m0/s1. The fourth-order valence-electron chi connectivity index (χ4n) is 5.15. The predicted molar refractivity (Wildman–Crippen MR) is 132 cm³/mol. The predicted octanol–water partition coefficient (Wildman–Crippen LogP) is 4.58. The Morgan fingerprint density at radius 3 is 2.43 bits per heavy atom. The van der Waals surface area contributed by atoms with Crippen LogP contribution in [0.2, 0.25) is 0 Å². The van der Waals surface area contributed by atoms with Gasteiger partial charge >= 0.3 is 0 Å². The summed E-state index contributed by atoms with van der Waals surface area (Å²) >= 11 is 0. The molecule has 2 amide bonds. The van der Waals surface area contributed by atoms with E-state index in [1.807, 2.05) is 54.3 Å². The molecule has 2 aliphatic heterocycles. The van der Waals surface area contributed by atoms with Crippen LogP contribution in [0.3, 0.4) is 0 Å². The number of ether oxygens (including phenoxy) is 3. The zero-order valence-electron chi connectivity index (χ0n) is 20.0. The normalized spacial score (nSPS) is 18.1. The number of nitrogens with one attached hydrogen (secondary N) is 1. The monoisotopic (exact) mass is 472 g/mol. The summed E-state index contributed by atoms with van der Waals surface area (Å²) in [5.41, 5.74) is 3.91. The van der Waals surface area contributed by atoms with Gasteiger partial charge in [0.05, 0.1) is 32.8 Å². The Labute approximate surface area is 204 Å². The number of benzene rings is 3. The van der Waals surface area contributed by atoms with Crippen LogP contribution in [-0.2, 0) is 11.2 Å². The van der Waals surface area contributed by atoms with Gasteiger partial charge in [0.15, 0.2) is 11.5 Å². The average molecular weight is 473 g/mol. The van der Waals surface area contributed by atoms with E-state index in [0.717, 1.165) is 23.3 Å². The van der Waals surface area contributed by atoms with Crippen molar-refractivity contribution in [2.45, 2.75) is 25.3 Å². The highest BCUT2D eigenvalue weighted by Gasteiger charge is 2.47. The molecule has 3 aromatic carbocycles. The third kappa shape index (κ3) is 3.97. The van der Waals surface area contributed by atoms with Gasteiger partial charge in [0, 0.05) is 17.8 Å². The van der Waals surface area contributed by atoms with Crippen molar-refractivity contribution >= 4 is 17.5 Å². The smallest absolute Gasteiger partial charge is 0.254 e. The summed E-state index contributed by atoms with van der Waals surface area (Å²) in [6.45, 7) is 3.04. The maximum atomic E-state index is 13.9.